The van der Waals surface area contributed by atoms with E-state index in [2.05, 4.69) is 10.3 Å². The summed E-state index contributed by atoms with van der Waals surface area (Å²) in [6.45, 7) is 3.18. The molecule has 1 saturated carbocycles. The number of aromatic nitrogens is 1. The summed E-state index contributed by atoms with van der Waals surface area (Å²) in [6, 6.07) is 4.04. The van der Waals surface area contributed by atoms with Gasteiger partial charge in [0.05, 0.1) is 25.1 Å². The predicted molar refractivity (Wildman–Crippen MR) is 79.9 cm³/mol. The molecule has 1 aliphatic carbocycles. The molecular formula is C16H26N2O2. The van der Waals surface area contributed by atoms with Gasteiger partial charge in [-0.25, -0.2) is 0 Å². The van der Waals surface area contributed by atoms with Crippen LogP contribution >= 0.6 is 0 Å². The third kappa shape index (κ3) is 5.47. The standard InChI is InChI=1S/C16H26N2O2/c1-19-10-9-17-11-15-7-8-16(12-18-15)20-13-14-5-3-2-4-6-14/h7-8,12,14,17H,2-6,9-11,13H2,1H3. The van der Waals surface area contributed by atoms with Gasteiger partial charge in [0, 0.05) is 20.2 Å². The molecule has 0 aromatic carbocycles. The van der Waals surface area contributed by atoms with E-state index in [1.165, 1.54) is 32.1 Å². The first-order chi connectivity index (χ1) is 9.88. The summed E-state index contributed by atoms with van der Waals surface area (Å²) < 4.78 is 10.8. The van der Waals surface area contributed by atoms with Gasteiger partial charge in [-0.3, -0.25) is 4.98 Å². The Kier molecular flexibility index (Phi) is 6.81. The van der Waals surface area contributed by atoms with Crippen molar-refractivity contribution in [2.24, 2.45) is 5.92 Å². The lowest BCUT2D eigenvalue weighted by Crippen LogP contribution is -2.19. The monoisotopic (exact) mass is 278 g/mol. The van der Waals surface area contributed by atoms with Crippen LogP contribution in [0.15, 0.2) is 18.3 Å². The second-order valence-electron chi connectivity index (χ2n) is 5.47. The fraction of sp³-hybridized carbons (Fsp3) is 0.688. The molecule has 1 aliphatic rings. The van der Waals surface area contributed by atoms with Crippen LogP contribution in [0.4, 0.5) is 0 Å². The molecule has 4 heteroatoms. The molecule has 1 aromatic rings. The van der Waals surface area contributed by atoms with Crippen LogP contribution in [0, 0.1) is 5.92 Å². The van der Waals surface area contributed by atoms with Crippen molar-refractivity contribution in [1.82, 2.24) is 10.3 Å². The highest BCUT2D eigenvalue weighted by Gasteiger charge is 2.13. The Morgan fingerprint density at radius 2 is 2.10 bits per heavy atom. The molecule has 0 radical (unpaired) electrons. The molecule has 1 heterocycles. The van der Waals surface area contributed by atoms with Gasteiger partial charge in [-0.05, 0) is 30.9 Å². The molecule has 1 aromatic heterocycles. The van der Waals surface area contributed by atoms with Crippen LogP contribution < -0.4 is 10.1 Å². The average Bonchev–Trinajstić information content (AvgIpc) is 2.52. The highest BCUT2D eigenvalue weighted by atomic mass is 16.5. The maximum absolute atomic E-state index is 5.84. The Hall–Kier alpha value is -1.13. The lowest BCUT2D eigenvalue weighted by atomic mass is 9.90. The van der Waals surface area contributed by atoms with Crippen molar-refractivity contribution < 1.29 is 9.47 Å². The Morgan fingerprint density at radius 3 is 2.80 bits per heavy atom. The van der Waals surface area contributed by atoms with Crippen LogP contribution in [0.3, 0.4) is 0 Å². The molecule has 0 amide bonds. The first kappa shape index (κ1) is 15.3. The summed E-state index contributed by atoms with van der Waals surface area (Å²) >= 11 is 0. The van der Waals surface area contributed by atoms with Crippen molar-refractivity contribution in [3.05, 3.63) is 24.0 Å². The zero-order chi connectivity index (χ0) is 14.0. The van der Waals surface area contributed by atoms with E-state index in [9.17, 15) is 0 Å². The van der Waals surface area contributed by atoms with Crippen molar-refractivity contribution in [2.45, 2.75) is 38.6 Å². The number of hydrogen-bond donors (Lipinski definition) is 1. The van der Waals surface area contributed by atoms with E-state index in [0.29, 0.717) is 0 Å². The van der Waals surface area contributed by atoms with Crippen LogP contribution in [0.25, 0.3) is 0 Å². The number of nitrogens with zero attached hydrogens (tertiary/aromatic N) is 1. The van der Waals surface area contributed by atoms with Crippen LogP contribution in [-0.2, 0) is 11.3 Å². The quantitative estimate of drug-likeness (QED) is 0.743. The van der Waals surface area contributed by atoms with Gasteiger partial charge >= 0.3 is 0 Å². The maximum Gasteiger partial charge on any atom is 0.137 e. The number of pyridine rings is 1. The molecular weight excluding hydrogens is 252 g/mol. The lowest BCUT2D eigenvalue weighted by molar-refractivity contribution is 0.199. The molecule has 0 saturated heterocycles. The fourth-order valence-electron chi connectivity index (χ4n) is 2.56. The number of nitrogens with one attached hydrogen (secondary N) is 1. The normalized spacial score (nSPS) is 16.2. The Morgan fingerprint density at radius 1 is 1.25 bits per heavy atom. The van der Waals surface area contributed by atoms with Crippen molar-refractivity contribution in [3.63, 3.8) is 0 Å². The maximum atomic E-state index is 5.84. The third-order valence-electron chi connectivity index (χ3n) is 3.80. The molecule has 0 bridgehead atoms. The van der Waals surface area contributed by atoms with Crippen molar-refractivity contribution in [2.75, 3.05) is 26.9 Å². The first-order valence-corrected chi connectivity index (χ1v) is 7.66. The first-order valence-electron chi connectivity index (χ1n) is 7.66. The van der Waals surface area contributed by atoms with Gasteiger partial charge < -0.3 is 14.8 Å². The Labute approximate surface area is 121 Å². The summed E-state index contributed by atoms with van der Waals surface area (Å²) in [5.41, 5.74) is 1.03. The summed E-state index contributed by atoms with van der Waals surface area (Å²) in [4.78, 5) is 4.41. The molecule has 1 N–H and O–H groups in total. The minimum Gasteiger partial charge on any atom is -0.492 e. The lowest BCUT2D eigenvalue weighted by Gasteiger charge is -2.21. The number of rotatable bonds is 8. The SMILES string of the molecule is COCCNCc1ccc(OCC2CCCCC2)cn1. The van der Waals surface area contributed by atoms with E-state index in [-0.39, 0.29) is 0 Å². The molecule has 0 atom stereocenters. The van der Waals surface area contributed by atoms with Crippen LogP contribution in [-0.4, -0.2) is 31.9 Å². The van der Waals surface area contributed by atoms with Gasteiger partial charge in [0.25, 0.3) is 0 Å². The van der Waals surface area contributed by atoms with Crippen molar-refractivity contribution in [3.8, 4) is 5.75 Å². The highest BCUT2D eigenvalue weighted by Crippen LogP contribution is 2.24. The van der Waals surface area contributed by atoms with Crippen LogP contribution in [0.1, 0.15) is 37.8 Å². The fourth-order valence-corrected chi connectivity index (χ4v) is 2.56. The molecule has 0 unspecified atom stereocenters. The van der Waals surface area contributed by atoms with Gasteiger partial charge in [-0.2, -0.15) is 0 Å². The summed E-state index contributed by atoms with van der Waals surface area (Å²) in [7, 11) is 1.71. The number of ether oxygens (including phenoxy) is 2. The van der Waals surface area contributed by atoms with Crippen molar-refractivity contribution >= 4 is 0 Å². The topological polar surface area (TPSA) is 43.4 Å². The van der Waals surface area contributed by atoms with Gasteiger partial charge in [0.15, 0.2) is 0 Å². The van der Waals surface area contributed by atoms with E-state index < -0.39 is 0 Å². The minimum atomic E-state index is 0.725. The second kappa shape index (κ2) is 8.93. The van der Waals surface area contributed by atoms with E-state index in [4.69, 9.17) is 9.47 Å². The molecule has 2 rings (SSSR count). The van der Waals surface area contributed by atoms with Gasteiger partial charge in [-0.15, -0.1) is 0 Å². The smallest absolute Gasteiger partial charge is 0.137 e. The summed E-state index contributed by atoms with van der Waals surface area (Å²) in [6.07, 6.45) is 8.57. The predicted octanol–water partition coefficient (Wildman–Crippen LogP) is 2.78. The van der Waals surface area contributed by atoms with E-state index in [1.807, 2.05) is 18.3 Å². The van der Waals surface area contributed by atoms with E-state index >= 15 is 0 Å². The largest absolute Gasteiger partial charge is 0.492 e. The van der Waals surface area contributed by atoms with Gasteiger partial charge in [0.2, 0.25) is 0 Å². The van der Waals surface area contributed by atoms with E-state index in [1.54, 1.807) is 7.11 Å². The van der Waals surface area contributed by atoms with E-state index in [0.717, 1.165) is 43.7 Å². The van der Waals surface area contributed by atoms with Crippen LogP contribution in [0.5, 0.6) is 5.75 Å². The highest BCUT2D eigenvalue weighted by molar-refractivity contribution is 5.19. The third-order valence-corrected chi connectivity index (χ3v) is 3.80. The molecule has 112 valence electrons. The summed E-state index contributed by atoms with van der Waals surface area (Å²) in [5, 5.41) is 3.28. The molecule has 0 aliphatic heterocycles. The molecule has 4 nitrogen and oxygen atoms in total. The number of methoxy groups -OCH3 is 1. The zero-order valence-corrected chi connectivity index (χ0v) is 12.4. The van der Waals surface area contributed by atoms with Gasteiger partial charge in [-0.1, -0.05) is 19.3 Å². The average molecular weight is 278 g/mol. The Bertz CT molecular complexity index is 361. The molecule has 20 heavy (non-hydrogen) atoms. The van der Waals surface area contributed by atoms with Crippen molar-refractivity contribution in [1.29, 1.82) is 0 Å². The van der Waals surface area contributed by atoms with Gasteiger partial charge in [0.1, 0.15) is 5.75 Å². The molecule has 0 spiro atoms. The molecule has 1 fully saturated rings. The second-order valence-corrected chi connectivity index (χ2v) is 5.47. The Balaban J connectivity index is 1.68. The number of hydrogen-bond acceptors (Lipinski definition) is 4. The van der Waals surface area contributed by atoms with Crippen LogP contribution in [0.2, 0.25) is 0 Å². The zero-order valence-electron chi connectivity index (χ0n) is 12.4. The summed E-state index contributed by atoms with van der Waals surface area (Å²) in [5.74, 6) is 1.62. The minimum absolute atomic E-state index is 0.725.